The molecule has 2 aromatic heterocycles. The van der Waals surface area contributed by atoms with Crippen molar-refractivity contribution in [2.24, 2.45) is 33.0 Å². The maximum Gasteiger partial charge on any atom is 0.274 e. The highest BCUT2D eigenvalue weighted by molar-refractivity contribution is 7.87. The first-order chi connectivity index (χ1) is 32.5. The van der Waals surface area contributed by atoms with Crippen LogP contribution in [-0.4, -0.2) is 90.1 Å². The highest BCUT2D eigenvalue weighted by atomic mass is 35.5. The summed E-state index contributed by atoms with van der Waals surface area (Å²) < 4.78 is 62.1. The molecule has 4 heterocycles. The van der Waals surface area contributed by atoms with E-state index in [1.54, 1.807) is 44.2 Å². The van der Waals surface area contributed by atoms with E-state index in [0.717, 1.165) is 44.2 Å². The maximum absolute atomic E-state index is 13.6. The van der Waals surface area contributed by atoms with Crippen LogP contribution in [-0.2, 0) is 33.0 Å². The Bertz CT molecular complexity index is 2650. The van der Waals surface area contributed by atoms with Gasteiger partial charge in [-0.15, -0.1) is 12.4 Å². The van der Waals surface area contributed by atoms with Gasteiger partial charge in [-0.2, -0.15) is 13.1 Å². The van der Waals surface area contributed by atoms with Crippen LogP contribution in [0, 0.1) is 37.3 Å². The second-order valence-electron chi connectivity index (χ2n) is 17.4. The SMILES string of the molecule is COc1cc(CNC(=O)c2cc(C3=NOC(C4CCC(N)CC4)C3)nc(C)n2)ccc1F.COc1cc(CNC(=O)c2cc(C3=NOC(C4CCC(NS(N)(=O)=O)CC4)C3)nc(C)n2)ccc1F.Cl. The van der Waals surface area contributed by atoms with Crippen LogP contribution in [0.4, 0.5) is 8.78 Å². The number of rotatable bonds is 14. The number of methoxy groups -OCH3 is 2. The molecule has 0 bridgehead atoms. The number of carbonyl (C=O) groups excluding carboxylic acids is 2. The molecule has 2 saturated carbocycles. The molecule has 4 aromatic rings. The van der Waals surface area contributed by atoms with Crippen LogP contribution in [0.25, 0.3) is 0 Å². The molecule has 2 aliphatic carbocycles. The molecule has 2 unspecified atom stereocenters. The van der Waals surface area contributed by atoms with Crippen molar-refractivity contribution in [2.45, 2.75) is 115 Å². The van der Waals surface area contributed by atoms with Crippen LogP contribution in [0.2, 0.25) is 0 Å². The number of hydrogen-bond acceptors (Lipinski definition) is 15. The number of nitrogens with one attached hydrogen (secondary N) is 3. The molecule has 19 nitrogen and oxygen atoms in total. The fraction of sp³-hybridized carbons (Fsp3) is 0.478. The summed E-state index contributed by atoms with van der Waals surface area (Å²) in [5, 5.41) is 19.1. The van der Waals surface area contributed by atoms with Crippen LogP contribution in [0.15, 0.2) is 58.8 Å². The molecule has 0 saturated heterocycles. The maximum atomic E-state index is 13.6. The summed E-state index contributed by atoms with van der Waals surface area (Å²) in [5.74, 6) is 0.113. The Kier molecular flexibility index (Phi) is 17.9. The third-order valence-corrected chi connectivity index (χ3v) is 13.1. The fourth-order valence-corrected chi connectivity index (χ4v) is 9.50. The van der Waals surface area contributed by atoms with E-state index < -0.39 is 27.8 Å². The third kappa shape index (κ3) is 14.3. The Morgan fingerprint density at radius 2 is 1.10 bits per heavy atom. The first-order valence-corrected chi connectivity index (χ1v) is 24.0. The zero-order chi connectivity index (χ0) is 48.5. The minimum absolute atomic E-state index is 0. The Labute approximate surface area is 405 Å². The normalized spacial score (nSPS) is 22.0. The van der Waals surface area contributed by atoms with E-state index in [9.17, 15) is 26.8 Å². The number of oxime groups is 2. The van der Waals surface area contributed by atoms with Gasteiger partial charge in [0, 0.05) is 38.0 Å². The van der Waals surface area contributed by atoms with Crippen molar-refractivity contribution in [3.8, 4) is 11.5 Å². The molecule has 2 amide bonds. The molecule has 2 aliphatic heterocycles. The van der Waals surface area contributed by atoms with Crippen molar-refractivity contribution in [1.82, 2.24) is 35.3 Å². The molecule has 2 fully saturated rings. The monoisotopic (exact) mass is 997 g/mol. The number of nitrogens with two attached hydrogens (primary N) is 2. The summed E-state index contributed by atoms with van der Waals surface area (Å²) in [5.41, 5.74) is 10.3. The standard InChI is InChI=1S/C23H29FN6O5S.C23H28FN5O3.ClH/c1-13-27-18(10-20(28-13)23(31)26-12-14-3-8-17(24)22(9-14)34-2)19-11-21(35-29-19)15-4-6-16(7-5-15)30-36(25,32)33;1-13-27-18(19-11-21(32-29-19)15-4-6-16(25)7-5-15)10-20(28-13)23(30)26-12-14-3-8-17(24)22(9-14)31-2;/h3,8-10,15-16,21,30H,4-7,11-12H2,1-2H3,(H,26,31)(H2,25,32,33);3,8-10,15-16,21H,4-7,11-12,25H2,1-2H3,(H,26,30);1H. The number of hydrogen-bond donors (Lipinski definition) is 5. The van der Waals surface area contributed by atoms with E-state index in [4.69, 9.17) is 30.0 Å². The third-order valence-electron chi connectivity index (χ3n) is 12.4. The number of halogens is 3. The predicted molar refractivity (Wildman–Crippen MR) is 253 cm³/mol. The lowest BCUT2D eigenvalue weighted by Gasteiger charge is -2.30. The smallest absolute Gasteiger partial charge is 0.274 e. The van der Waals surface area contributed by atoms with Crippen LogP contribution < -0.4 is 35.7 Å². The summed E-state index contributed by atoms with van der Waals surface area (Å²) >= 11 is 0. The zero-order valence-corrected chi connectivity index (χ0v) is 40.4. The second-order valence-corrected chi connectivity index (χ2v) is 18.7. The Balaban J connectivity index is 0.000000225. The summed E-state index contributed by atoms with van der Waals surface area (Å²) in [6, 6.07) is 12.2. The molecule has 23 heteroatoms. The van der Waals surface area contributed by atoms with E-state index in [2.05, 4.69) is 45.6 Å². The van der Waals surface area contributed by atoms with E-state index in [1.165, 1.54) is 32.4 Å². The van der Waals surface area contributed by atoms with Crippen molar-refractivity contribution in [1.29, 1.82) is 0 Å². The lowest BCUT2D eigenvalue weighted by Crippen LogP contribution is -2.42. The van der Waals surface area contributed by atoms with Crippen molar-refractivity contribution in [2.75, 3.05) is 14.2 Å². The fourth-order valence-electron chi connectivity index (χ4n) is 8.80. The zero-order valence-electron chi connectivity index (χ0n) is 38.7. The summed E-state index contributed by atoms with van der Waals surface area (Å²) in [6.07, 6.45) is 8.09. The molecule has 0 radical (unpaired) electrons. The van der Waals surface area contributed by atoms with Gasteiger partial charge >= 0.3 is 0 Å². The van der Waals surface area contributed by atoms with Crippen molar-refractivity contribution >= 4 is 45.9 Å². The number of carbonyl (C=O) groups is 2. The van der Waals surface area contributed by atoms with E-state index in [1.807, 2.05) is 0 Å². The van der Waals surface area contributed by atoms with Crippen molar-refractivity contribution < 1.29 is 45.9 Å². The molecule has 69 heavy (non-hydrogen) atoms. The molecule has 372 valence electrons. The molecule has 2 aromatic carbocycles. The molecule has 0 spiro atoms. The van der Waals surface area contributed by atoms with Gasteiger partial charge in [-0.1, -0.05) is 22.4 Å². The van der Waals surface area contributed by atoms with Gasteiger partial charge in [0.1, 0.15) is 46.7 Å². The lowest BCUT2D eigenvalue weighted by molar-refractivity contribution is 0.0243. The predicted octanol–water partition coefficient (Wildman–Crippen LogP) is 5.00. The average Bonchev–Trinajstić information content (AvgIpc) is 4.03. The van der Waals surface area contributed by atoms with Gasteiger partial charge in [-0.05, 0) is 125 Å². The van der Waals surface area contributed by atoms with Crippen LogP contribution >= 0.6 is 12.4 Å². The van der Waals surface area contributed by atoms with Crippen molar-refractivity contribution in [3.05, 3.63) is 106 Å². The Hall–Kier alpha value is -5.94. The number of benzene rings is 2. The Morgan fingerprint density at radius 1 is 0.681 bits per heavy atom. The van der Waals surface area contributed by atoms with Gasteiger partial charge in [-0.3, -0.25) is 9.59 Å². The first-order valence-electron chi connectivity index (χ1n) is 22.5. The van der Waals surface area contributed by atoms with Gasteiger partial charge in [0.15, 0.2) is 23.1 Å². The largest absolute Gasteiger partial charge is 0.494 e. The van der Waals surface area contributed by atoms with Gasteiger partial charge in [0.25, 0.3) is 22.0 Å². The van der Waals surface area contributed by atoms with Crippen LogP contribution in [0.5, 0.6) is 11.5 Å². The number of aromatic nitrogens is 4. The minimum atomic E-state index is -3.72. The van der Waals surface area contributed by atoms with Gasteiger partial charge in [-0.25, -0.2) is 33.9 Å². The summed E-state index contributed by atoms with van der Waals surface area (Å²) in [4.78, 5) is 54.3. The van der Waals surface area contributed by atoms with E-state index >= 15 is 0 Å². The van der Waals surface area contributed by atoms with Crippen molar-refractivity contribution in [3.63, 3.8) is 0 Å². The minimum Gasteiger partial charge on any atom is -0.494 e. The molecular formula is C46H58ClF2N11O8S. The van der Waals surface area contributed by atoms with Gasteiger partial charge < -0.3 is 35.5 Å². The van der Waals surface area contributed by atoms with Gasteiger partial charge in [0.2, 0.25) is 0 Å². The molecule has 2 atom stereocenters. The van der Waals surface area contributed by atoms with E-state index in [-0.39, 0.29) is 84.5 Å². The molecule has 4 aliphatic rings. The first kappa shape index (κ1) is 52.4. The quantitative estimate of drug-likeness (QED) is 0.111. The highest BCUT2D eigenvalue weighted by Gasteiger charge is 2.36. The average molecular weight is 999 g/mol. The number of ether oxygens (including phenoxy) is 2. The molecule has 7 N–H and O–H groups in total. The van der Waals surface area contributed by atoms with E-state index in [0.29, 0.717) is 71.5 Å². The summed E-state index contributed by atoms with van der Waals surface area (Å²) in [6.45, 7) is 3.81. The highest BCUT2D eigenvalue weighted by Crippen LogP contribution is 2.34. The lowest BCUT2D eigenvalue weighted by atomic mass is 9.81. The van der Waals surface area contributed by atoms with Gasteiger partial charge in [0.05, 0.1) is 25.6 Å². The summed E-state index contributed by atoms with van der Waals surface area (Å²) in [7, 11) is -0.941. The number of amides is 2. The second kappa shape index (κ2) is 23.6. The molecule has 8 rings (SSSR count). The van der Waals surface area contributed by atoms with Crippen LogP contribution in [0.3, 0.4) is 0 Å². The Morgan fingerprint density at radius 3 is 1.51 bits per heavy atom. The van der Waals surface area contributed by atoms with Crippen LogP contribution in [0.1, 0.15) is 119 Å². The topological polar surface area (TPSA) is 270 Å². The number of aryl methyl sites for hydroxylation is 2. The molecular weight excluding hydrogens is 940 g/mol. The number of nitrogens with zero attached hydrogens (tertiary/aromatic N) is 6.